The highest BCUT2D eigenvalue weighted by atomic mass is 16.3. The third-order valence-electron chi connectivity index (χ3n) is 3.05. The summed E-state index contributed by atoms with van der Waals surface area (Å²) in [5, 5.41) is 12.0. The first kappa shape index (κ1) is 17.4. The number of nitrogens with one attached hydrogen (secondary N) is 1. The van der Waals surface area contributed by atoms with Gasteiger partial charge < -0.3 is 10.4 Å². The first-order chi connectivity index (χ1) is 8.36. The molecule has 0 aromatic heterocycles. The number of hydrogen-bond donors (Lipinski definition) is 2. The highest BCUT2D eigenvalue weighted by molar-refractivity contribution is 5.78. The van der Waals surface area contributed by atoms with E-state index in [-0.39, 0.29) is 24.6 Å². The van der Waals surface area contributed by atoms with Gasteiger partial charge in [-0.05, 0) is 39.5 Å². The molecule has 1 amide bonds. The van der Waals surface area contributed by atoms with Crippen LogP contribution < -0.4 is 5.32 Å². The lowest BCUT2D eigenvalue weighted by Gasteiger charge is -2.25. The molecule has 0 aliphatic carbocycles. The van der Waals surface area contributed by atoms with Crippen molar-refractivity contribution in [3.05, 3.63) is 0 Å². The second-order valence-corrected chi connectivity index (χ2v) is 5.73. The minimum Gasteiger partial charge on any atom is -0.395 e. The Labute approximate surface area is 112 Å². The van der Waals surface area contributed by atoms with Crippen molar-refractivity contribution in [2.24, 2.45) is 5.92 Å². The van der Waals surface area contributed by atoms with Crippen molar-refractivity contribution < 1.29 is 9.90 Å². The van der Waals surface area contributed by atoms with Crippen LogP contribution in [0.1, 0.15) is 47.5 Å². The third kappa shape index (κ3) is 8.48. The summed E-state index contributed by atoms with van der Waals surface area (Å²) in [6.07, 6.45) is 2.15. The van der Waals surface area contributed by atoms with Crippen LogP contribution in [0.4, 0.5) is 0 Å². The highest BCUT2D eigenvalue weighted by Crippen LogP contribution is 2.06. The summed E-state index contributed by atoms with van der Waals surface area (Å²) in [7, 11) is 0. The van der Waals surface area contributed by atoms with Gasteiger partial charge in [-0.25, -0.2) is 0 Å². The van der Waals surface area contributed by atoms with Gasteiger partial charge in [0.1, 0.15) is 0 Å². The molecule has 0 radical (unpaired) electrons. The van der Waals surface area contributed by atoms with E-state index in [9.17, 15) is 4.79 Å². The van der Waals surface area contributed by atoms with Gasteiger partial charge in [-0.2, -0.15) is 0 Å². The largest absolute Gasteiger partial charge is 0.395 e. The number of rotatable bonds is 9. The first-order valence-corrected chi connectivity index (χ1v) is 7.01. The van der Waals surface area contributed by atoms with E-state index in [1.165, 1.54) is 0 Å². The van der Waals surface area contributed by atoms with Crippen LogP contribution in [0.3, 0.4) is 0 Å². The van der Waals surface area contributed by atoms with E-state index >= 15 is 0 Å². The number of aliphatic hydroxyl groups is 1. The van der Waals surface area contributed by atoms with Gasteiger partial charge in [0.05, 0.1) is 13.2 Å². The number of nitrogens with zero attached hydrogens (tertiary/aromatic N) is 1. The van der Waals surface area contributed by atoms with Crippen LogP contribution in [0, 0.1) is 5.92 Å². The predicted molar refractivity (Wildman–Crippen MR) is 75.5 cm³/mol. The molecule has 18 heavy (non-hydrogen) atoms. The molecule has 0 aromatic carbocycles. The van der Waals surface area contributed by atoms with Crippen LogP contribution in [-0.4, -0.2) is 47.7 Å². The SMILES string of the molecule is CC(C)CCC(C)NC(=O)CN(CCO)C(C)C. The van der Waals surface area contributed by atoms with Gasteiger partial charge in [0.15, 0.2) is 0 Å². The maximum Gasteiger partial charge on any atom is 0.234 e. The summed E-state index contributed by atoms with van der Waals surface area (Å²) in [6, 6.07) is 0.497. The zero-order valence-electron chi connectivity index (χ0n) is 12.6. The standard InChI is InChI=1S/C14H30N2O2/c1-11(2)6-7-13(5)15-14(18)10-16(8-9-17)12(3)4/h11-13,17H,6-10H2,1-5H3,(H,15,18). The molecule has 1 unspecified atom stereocenters. The molecule has 4 heteroatoms. The maximum atomic E-state index is 11.9. The molecule has 0 fully saturated rings. The number of hydrogen-bond acceptors (Lipinski definition) is 3. The fourth-order valence-corrected chi connectivity index (χ4v) is 1.81. The Morgan fingerprint density at radius 3 is 2.22 bits per heavy atom. The van der Waals surface area contributed by atoms with Crippen molar-refractivity contribution in [3.8, 4) is 0 Å². The lowest BCUT2D eigenvalue weighted by atomic mass is 10.0. The number of carbonyl (C=O) groups is 1. The molecule has 0 aliphatic heterocycles. The number of amides is 1. The Hall–Kier alpha value is -0.610. The van der Waals surface area contributed by atoms with E-state index in [4.69, 9.17) is 5.11 Å². The summed E-state index contributed by atoms with van der Waals surface area (Å²) in [5.41, 5.74) is 0. The Morgan fingerprint density at radius 1 is 1.17 bits per heavy atom. The molecular formula is C14H30N2O2. The number of carbonyl (C=O) groups excluding carboxylic acids is 1. The van der Waals surface area contributed by atoms with Crippen LogP contribution in [0.2, 0.25) is 0 Å². The molecule has 0 saturated heterocycles. The van der Waals surface area contributed by atoms with Crippen molar-refractivity contribution in [3.63, 3.8) is 0 Å². The van der Waals surface area contributed by atoms with Crippen molar-refractivity contribution in [1.82, 2.24) is 10.2 Å². The summed E-state index contributed by atoms with van der Waals surface area (Å²) in [5.74, 6) is 0.722. The summed E-state index contributed by atoms with van der Waals surface area (Å²) in [4.78, 5) is 13.8. The minimum atomic E-state index is 0.0495. The molecule has 0 rings (SSSR count). The molecule has 0 spiro atoms. The Bertz CT molecular complexity index is 230. The van der Waals surface area contributed by atoms with Crippen molar-refractivity contribution in [1.29, 1.82) is 0 Å². The van der Waals surface area contributed by atoms with Crippen LogP contribution >= 0.6 is 0 Å². The summed E-state index contributed by atoms with van der Waals surface area (Å²) in [6.45, 7) is 11.5. The van der Waals surface area contributed by atoms with Crippen LogP contribution in [-0.2, 0) is 4.79 Å². The van der Waals surface area contributed by atoms with Gasteiger partial charge in [-0.3, -0.25) is 9.69 Å². The van der Waals surface area contributed by atoms with Crippen molar-refractivity contribution >= 4 is 5.91 Å². The van der Waals surface area contributed by atoms with Crippen molar-refractivity contribution in [2.45, 2.75) is 59.5 Å². The smallest absolute Gasteiger partial charge is 0.234 e. The van der Waals surface area contributed by atoms with E-state index in [2.05, 4.69) is 19.2 Å². The summed E-state index contributed by atoms with van der Waals surface area (Å²) < 4.78 is 0. The second kappa shape index (κ2) is 9.34. The molecule has 0 aliphatic rings. The van der Waals surface area contributed by atoms with Gasteiger partial charge in [0.25, 0.3) is 0 Å². The normalized spacial score (nSPS) is 13.4. The fraction of sp³-hybridized carbons (Fsp3) is 0.929. The average molecular weight is 258 g/mol. The zero-order valence-corrected chi connectivity index (χ0v) is 12.6. The Morgan fingerprint density at radius 2 is 1.78 bits per heavy atom. The van der Waals surface area contributed by atoms with Gasteiger partial charge in [-0.15, -0.1) is 0 Å². The average Bonchev–Trinajstić information content (AvgIpc) is 2.25. The fourth-order valence-electron chi connectivity index (χ4n) is 1.81. The monoisotopic (exact) mass is 258 g/mol. The lowest BCUT2D eigenvalue weighted by Crippen LogP contribution is -2.44. The molecule has 0 heterocycles. The van der Waals surface area contributed by atoms with E-state index in [1.54, 1.807) is 0 Å². The van der Waals surface area contributed by atoms with Gasteiger partial charge in [0.2, 0.25) is 5.91 Å². The van der Waals surface area contributed by atoms with E-state index in [1.807, 2.05) is 25.7 Å². The Balaban J connectivity index is 3.99. The summed E-state index contributed by atoms with van der Waals surface area (Å²) >= 11 is 0. The molecular weight excluding hydrogens is 228 g/mol. The highest BCUT2D eigenvalue weighted by Gasteiger charge is 2.15. The second-order valence-electron chi connectivity index (χ2n) is 5.73. The van der Waals surface area contributed by atoms with Gasteiger partial charge >= 0.3 is 0 Å². The molecule has 0 bridgehead atoms. The lowest BCUT2D eigenvalue weighted by molar-refractivity contribution is -0.123. The van der Waals surface area contributed by atoms with Crippen LogP contribution in [0.15, 0.2) is 0 Å². The molecule has 4 nitrogen and oxygen atoms in total. The third-order valence-corrected chi connectivity index (χ3v) is 3.05. The molecule has 0 aromatic rings. The van der Waals surface area contributed by atoms with E-state index in [0.717, 1.165) is 12.8 Å². The zero-order chi connectivity index (χ0) is 14.1. The van der Waals surface area contributed by atoms with Crippen LogP contribution in [0.25, 0.3) is 0 Å². The molecule has 2 N–H and O–H groups in total. The van der Waals surface area contributed by atoms with Gasteiger partial charge in [-0.1, -0.05) is 13.8 Å². The maximum absolute atomic E-state index is 11.9. The molecule has 108 valence electrons. The van der Waals surface area contributed by atoms with Crippen LogP contribution in [0.5, 0.6) is 0 Å². The van der Waals surface area contributed by atoms with Gasteiger partial charge in [0, 0.05) is 18.6 Å². The quantitative estimate of drug-likeness (QED) is 0.661. The van der Waals surface area contributed by atoms with E-state index in [0.29, 0.717) is 19.0 Å². The number of aliphatic hydroxyl groups excluding tert-OH is 1. The predicted octanol–water partition coefficient (Wildman–Crippen LogP) is 1.63. The van der Waals surface area contributed by atoms with E-state index < -0.39 is 0 Å². The topological polar surface area (TPSA) is 52.6 Å². The first-order valence-electron chi connectivity index (χ1n) is 7.01. The molecule has 0 saturated carbocycles. The Kier molecular flexibility index (Phi) is 9.02. The minimum absolute atomic E-state index is 0.0495. The van der Waals surface area contributed by atoms with Crippen molar-refractivity contribution in [2.75, 3.05) is 19.7 Å². The molecule has 1 atom stereocenters.